The van der Waals surface area contributed by atoms with Gasteiger partial charge in [0.1, 0.15) is 5.60 Å². The maximum absolute atomic E-state index is 6.10. The van der Waals surface area contributed by atoms with Crippen LogP contribution in [0.25, 0.3) is 0 Å². The largest absolute Gasteiger partial charge is 0.369 e. The summed E-state index contributed by atoms with van der Waals surface area (Å²) in [6.45, 7) is 6.95. The van der Waals surface area contributed by atoms with Gasteiger partial charge in [-0.1, -0.05) is 25.4 Å². The van der Waals surface area contributed by atoms with Crippen LogP contribution >= 0.6 is 22.9 Å². The molecule has 1 N–H and O–H groups in total. The highest BCUT2D eigenvalue weighted by atomic mass is 35.5. The third kappa shape index (κ3) is 2.53. The molecule has 0 aliphatic carbocycles. The second kappa shape index (κ2) is 5.70. The highest BCUT2D eigenvalue weighted by molar-refractivity contribution is 7.16. The zero-order valence-corrected chi connectivity index (χ0v) is 12.1. The van der Waals surface area contributed by atoms with E-state index < -0.39 is 0 Å². The zero-order valence-electron chi connectivity index (χ0n) is 10.5. The molecule has 2 aliphatic rings. The van der Waals surface area contributed by atoms with Gasteiger partial charge in [-0.3, -0.25) is 0 Å². The minimum atomic E-state index is -0.0172. The number of thiophene rings is 1. The first kappa shape index (κ1) is 13.3. The van der Waals surface area contributed by atoms with E-state index in [4.69, 9.17) is 16.3 Å². The standard InChI is InChI=1S/C11H14ClNOS.C2H6/c12-9-7-8-1-6-14-11(10(8)15-9)2-4-13-5-3-11;1-2/h7,13H,1-6H2;1-2H3. The molecule has 0 unspecified atom stereocenters. The first-order chi connectivity index (χ1) is 8.30. The molecule has 2 nitrogen and oxygen atoms in total. The van der Waals surface area contributed by atoms with Gasteiger partial charge in [-0.25, -0.2) is 0 Å². The Balaban J connectivity index is 0.000000514. The summed E-state index contributed by atoms with van der Waals surface area (Å²) in [5.74, 6) is 0. The summed E-state index contributed by atoms with van der Waals surface area (Å²) >= 11 is 7.81. The second-order valence-electron chi connectivity index (χ2n) is 4.25. The molecule has 0 atom stereocenters. The Labute approximate surface area is 112 Å². The lowest BCUT2D eigenvalue weighted by molar-refractivity contribution is -0.0771. The van der Waals surface area contributed by atoms with Gasteiger partial charge >= 0.3 is 0 Å². The molecule has 0 radical (unpaired) electrons. The summed E-state index contributed by atoms with van der Waals surface area (Å²) in [5.41, 5.74) is 1.40. The first-order valence-electron chi connectivity index (χ1n) is 6.44. The Morgan fingerprint density at radius 2 is 2.06 bits per heavy atom. The van der Waals surface area contributed by atoms with Crippen LogP contribution in [0.4, 0.5) is 0 Å². The van der Waals surface area contributed by atoms with Gasteiger partial charge in [0.15, 0.2) is 0 Å². The molecular formula is C13H20ClNOS. The maximum atomic E-state index is 6.10. The van der Waals surface area contributed by atoms with Gasteiger partial charge in [0.05, 0.1) is 10.9 Å². The Bertz CT molecular complexity index is 371. The van der Waals surface area contributed by atoms with Crippen molar-refractivity contribution in [1.82, 2.24) is 5.32 Å². The Morgan fingerprint density at radius 3 is 2.76 bits per heavy atom. The summed E-state index contributed by atoms with van der Waals surface area (Å²) in [4.78, 5) is 1.39. The maximum Gasteiger partial charge on any atom is 0.105 e. The minimum absolute atomic E-state index is 0.0172. The number of hydrogen-bond acceptors (Lipinski definition) is 3. The average molecular weight is 274 g/mol. The van der Waals surface area contributed by atoms with E-state index in [2.05, 4.69) is 11.4 Å². The van der Waals surface area contributed by atoms with Crippen LogP contribution in [0.2, 0.25) is 4.34 Å². The molecule has 3 rings (SSSR count). The van der Waals surface area contributed by atoms with Crippen molar-refractivity contribution in [3.8, 4) is 0 Å². The quantitative estimate of drug-likeness (QED) is 0.780. The van der Waals surface area contributed by atoms with Crippen molar-refractivity contribution in [3.05, 3.63) is 20.8 Å². The lowest BCUT2D eigenvalue weighted by atomic mass is 9.86. The molecule has 96 valence electrons. The predicted molar refractivity (Wildman–Crippen MR) is 74.1 cm³/mol. The van der Waals surface area contributed by atoms with Crippen LogP contribution in [0.3, 0.4) is 0 Å². The molecule has 0 amide bonds. The highest BCUT2D eigenvalue weighted by Gasteiger charge is 2.40. The van der Waals surface area contributed by atoms with Crippen LogP contribution in [0, 0.1) is 0 Å². The molecule has 17 heavy (non-hydrogen) atoms. The van der Waals surface area contributed by atoms with Gasteiger partial charge in [-0.2, -0.15) is 0 Å². The number of hydrogen-bond donors (Lipinski definition) is 1. The van der Waals surface area contributed by atoms with Crippen molar-refractivity contribution < 1.29 is 4.74 Å². The smallest absolute Gasteiger partial charge is 0.105 e. The molecule has 1 fully saturated rings. The molecule has 1 spiro atoms. The van der Waals surface area contributed by atoms with Gasteiger partial charge in [-0.05, 0) is 44.0 Å². The van der Waals surface area contributed by atoms with Crippen molar-refractivity contribution in [2.75, 3.05) is 19.7 Å². The normalized spacial score (nSPS) is 21.6. The first-order valence-corrected chi connectivity index (χ1v) is 7.63. The van der Waals surface area contributed by atoms with Crippen molar-refractivity contribution in [2.45, 2.75) is 38.7 Å². The van der Waals surface area contributed by atoms with E-state index >= 15 is 0 Å². The third-order valence-corrected chi connectivity index (χ3v) is 4.85. The minimum Gasteiger partial charge on any atom is -0.369 e. The van der Waals surface area contributed by atoms with E-state index in [1.165, 1.54) is 10.4 Å². The number of piperidine rings is 1. The lowest BCUT2D eigenvalue weighted by Crippen LogP contribution is -2.43. The molecule has 2 aliphatic heterocycles. The van der Waals surface area contributed by atoms with E-state index in [1.54, 1.807) is 11.3 Å². The van der Waals surface area contributed by atoms with E-state index in [0.29, 0.717) is 0 Å². The molecule has 0 bridgehead atoms. The van der Waals surface area contributed by atoms with Crippen LogP contribution in [-0.4, -0.2) is 19.7 Å². The molecular weight excluding hydrogens is 254 g/mol. The molecule has 1 aromatic heterocycles. The zero-order chi connectivity index (χ0) is 12.3. The summed E-state index contributed by atoms with van der Waals surface area (Å²) in [6.07, 6.45) is 3.18. The predicted octanol–water partition coefficient (Wildman–Crippen LogP) is 3.58. The molecule has 3 heterocycles. The third-order valence-electron chi connectivity index (χ3n) is 3.35. The number of ether oxygens (including phenoxy) is 1. The topological polar surface area (TPSA) is 21.3 Å². The van der Waals surface area contributed by atoms with E-state index in [0.717, 1.165) is 43.3 Å². The van der Waals surface area contributed by atoms with Crippen LogP contribution < -0.4 is 5.32 Å². The van der Waals surface area contributed by atoms with Crippen LogP contribution in [0.1, 0.15) is 37.1 Å². The number of fused-ring (bicyclic) bond motifs is 2. The molecule has 1 aromatic rings. The highest BCUT2D eigenvalue weighted by Crippen LogP contribution is 2.45. The summed E-state index contributed by atoms with van der Waals surface area (Å²) in [6, 6.07) is 2.12. The number of rotatable bonds is 0. The van der Waals surface area contributed by atoms with Crippen LogP contribution in [-0.2, 0) is 16.8 Å². The van der Waals surface area contributed by atoms with Crippen molar-refractivity contribution >= 4 is 22.9 Å². The van der Waals surface area contributed by atoms with Crippen molar-refractivity contribution in [2.24, 2.45) is 0 Å². The number of nitrogens with one attached hydrogen (secondary N) is 1. The molecule has 0 saturated carbocycles. The van der Waals surface area contributed by atoms with Crippen LogP contribution in [0.15, 0.2) is 6.07 Å². The fraction of sp³-hybridized carbons (Fsp3) is 0.692. The Kier molecular flexibility index (Phi) is 4.47. The van der Waals surface area contributed by atoms with Gasteiger partial charge in [0.25, 0.3) is 0 Å². The second-order valence-corrected chi connectivity index (χ2v) is 5.93. The molecule has 1 saturated heterocycles. The van der Waals surface area contributed by atoms with Gasteiger partial charge in [0, 0.05) is 4.88 Å². The Morgan fingerprint density at radius 1 is 1.35 bits per heavy atom. The fourth-order valence-corrected chi connectivity index (χ4v) is 4.09. The van der Waals surface area contributed by atoms with Gasteiger partial charge in [-0.15, -0.1) is 11.3 Å². The summed E-state index contributed by atoms with van der Waals surface area (Å²) in [7, 11) is 0. The summed E-state index contributed by atoms with van der Waals surface area (Å²) in [5, 5.41) is 3.39. The molecule has 0 aromatic carbocycles. The van der Waals surface area contributed by atoms with E-state index in [-0.39, 0.29) is 5.60 Å². The van der Waals surface area contributed by atoms with Crippen molar-refractivity contribution in [3.63, 3.8) is 0 Å². The number of halogens is 1. The average Bonchev–Trinajstić information content (AvgIpc) is 2.75. The fourth-order valence-electron chi connectivity index (χ4n) is 2.59. The van der Waals surface area contributed by atoms with Crippen molar-refractivity contribution in [1.29, 1.82) is 0 Å². The van der Waals surface area contributed by atoms with Gasteiger partial charge in [0.2, 0.25) is 0 Å². The van der Waals surface area contributed by atoms with E-state index in [1.807, 2.05) is 13.8 Å². The summed E-state index contributed by atoms with van der Waals surface area (Å²) < 4.78 is 6.96. The van der Waals surface area contributed by atoms with E-state index in [9.17, 15) is 0 Å². The molecule has 4 heteroatoms. The monoisotopic (exact) mass is 273 g/mol. The Hall–Kier alpha value is -0.0900. The lowest BCUT2D eigenvalue weighted by Gasteiger charge is -2.40. The van der Waals surface area contributed by atoms with Gasteiger partial charge < -0.3 is 10.1 Å². The van der Waals surface area contributed by atoms with Crippen LogP contribution in [0.5, 0.6) is 0 Å². The SMILES string of the molecule is CC.Clc1cc2c(s1)C1(CCNCC1)OCC2.